The molecule has 2 N–H and O–H groups in total. The van der Waals surface area contributed by atoms with Crippen molar-refractivity contribution in [1.82, 2.24) is 10.2 Å². The smallest absolute Gasteiger partial charge is 0.407 e. The molecule has 1 aliphatic heterocycles. The van der Waals surface area contributed by atoms with Crippen molar-refractivity contribution in [3.63, 3.8) is 0 Å². The summed E-state index contributed by atoms with van der Waals surface area (Å²) in [6.07, 6.45) is 0.394. The zero-order valence-electron chi connectivity index (χ0n) is 19.5. The van der Waals surface area contributed by atoms with E-state index < -0.39 is 23.5 Å². The first-order chi connectivity index (χ1) is 16.4. The quantitative estimate of drug-likeness (QED) is 0.582. The molecule has 0 aromatic heterocycles. The number of carbonyl (C=O) groups excluding carboxylic acids is 2. The molecule has 1 aliphatic carbocycles. The van der Waals surface area contributed by atoms with Gasteiger partial charge in [-0.25, -0.2) is 9.59 Å². The van der Waals surface area contributed by atoms with Crippen LogP contribution < -0.4 is 5.32 Å². The number of hydrogen-bond acceptors (Lipinski definition) is 5. The molecule has 2 amide bonds. The van der Waals surface area contributed by atoms with Crippen LogP contribution in [0.4, 0.5) is 4.79 Å². The molecule has 1 heterocycles. The fourth-order valence-electron chi connectivity index (χ4n) is 4.92. The Morgan fingerprint density at radius 3 is 2.21 bits per heavy atom. The van der Waals surface area contributed by atoms with E-state index in [2.05, 4.69) is 29.6 Å². The van der Waals surface area contributed by atoms with Gasteiger partial charge in [-0.3, -0.25) is 4.79 Å². The lowest BCUT2D eigenvalue weighted by atomic mass is 9.80. The third-order valence-electron chi connectivity index (χ3n) is 7.15. The van der Waals surface area contributed by atoms with E-state index in [1.54, 1.807) is 0 Å². The van der Waals surface area contributed by atoms with Crippen molar-refractivity contribution in [2.45, 2.75) is 38.6 Å². The van der Waals surface area contributed by atoms with Crippen molar-refractivity contribution >= 4 is 29.7 Å². The summed E-state index contributed by atoms with van der Waals surface area (Å²) in [5.74, 6) is -0.537. The lowest BCUT2D eigenvalue weighted by Crippen LogP contribution is -2.53. The Labute approximate surface area is 203 Å². The standard InChI is InChI=1S/C26H30N2O5S/c1-3-26(4-2,24(31)28-16-34-14-22(28)23(29)30)15-27-25(32)33-13-21-19-11-7-5-9-17(19)18-10-6-8-12-20(18)21/h5-12,21-22H,3-4,13-16H2,1-2H3,(H,27,32)(H,29,30)/t22-/m0/s1. The minimum Gasteiger partial charge on any atom is -0.480 e. The molecule has 0 spiro atoms. The van der Waals surface area contributed by atoms with E-state index >= 15 is 0 Å². The number of benzene rings is 2. The molecule has 0 radical (unpaired) electrons. The zero-order chi connectivity index (χ0) is 24.3. The highest BCUT2D eigenvalue weighted by atomic mass is 32.2. The van der Waals surface area contributed by atoms with Crippen LogP contribution in [-0.2, 0) is 14.3 Å². The number of amides is 2. The molecule has 1 atom stereocenters. The van der Waals surface area contributed by atoms with Gasteiger partial charge in [-0.1, -0.05) is 62.4 Å². The number of carboxylic acid groups (broad SMARTS) is 1. The fraction of sp³-hybridized carbons (Fsp3) is 0.423. The van der Waals surface area contributed by atoms with Crippen LogP contribution >= 0.6 is 11.8 Å². The van der Waals surface area contributed by atoms with Crippen LogP contribution in [0.25, 0.3) is 11.1 Å². The molecular weight excluding hydrogens is 452 g/mol. The van der Waals surface area contributed by atoms with Gasteiger partial charge in [0, 0.05) is 18.2 Å². The zero-order valence-corrected chi connectivity index (χ0v) is 20.3. The molecule has 4 rings (SSSR count). The predicted molar refractivity (Wildman–Crippen MR) is 132 cm³/mol. The first kappa shape index (κ1) is 24.1. The topological polar surface area (TPSA) is 95.9 Å². The number of thioether (sulfide) groups is 1. The number of nitrogens with zero attached hydrogens (tertiary/aromatic N) is 1. The van der Waals surface area contributed by atoms with E-state index in [9.17, 15) is 19.5 Å². The molecule has 2 aromatic carbocycles. The molecule has 0 saturated carbocycles. The number of aliphatic carboxylic acids is 1. The maximum Gasteiger partial charge on any atom is 0.407 e. The summed E-state index contributed by atoms with van der Waals surface area (Å²) in [6, 6.07) is 15.4. The van der Waals surface area contributed by atoms with E-state index in [-0.39, 0.29) is 25.0 Å². The second-order valence-electron chi connectivity index (χ2n) is 8.80. The van der Waals surface area contributed by atoms with Gasteiger partial charge in [0.05, 0.1) is 11.3 Å². The summed E-state index contributed by atoms with van der Waals surface area (Å²) in [4.78, 5) is 39.0. The van der Waals surface area contributed by atoms with Gasteiger partial charge in [0.2, 0.25) is 5.91 Å². The van der Waals surface area contributed by atoms with Crippen molar-refractivity contribution in [2.75, 3.05) is 24.8 Å². The average molecular weight is 483 g/mol. The van der Waals surface area contributed by atoms with E-state index in [0.717, 1.165) is 22.3 Å². The summed E-state index contributed by atoms with van der Waals surface area (Å²) >= 11 is 1.43. The average Bonchev–Trinajstić information content (AvgIpc) is 3.47. The van der Waals surface area contributed by atoms with Crippen LogP contribution in [0.5, 0.6) is 0 Å². The van der Waals surface area contributed by atoms with Crippen LogP contribution in [0.2, 0.25) is 0 Å². The molecule has 0 bridgehead atoms. The lowest BCUT2D eigenvalue weighted by molar-refractivity contribution is -0.153. The SMILES string of the molecule is CCC(CC)(CNC(=O)OCC1c2ccccc2-c2ccccc21)C(=O)N1CSC[C@H]1C(=O)O. The van der Waals surface area contributed by atoms with Gasteiger partial charge in [0.15, 0.2) is 0 Å². The lowest BCUT2D eigenvalue weighted by Gasteiger charge is -2.35. The molecule has 0 unspecified atom stereocenters. The fourth-order valence-corrected chi connectivity index (χ4v) is 6.07. The predicted octanol–water partition coefficient (Wildman–Crippen LogP) is 4.32. The van der Waals surface area contributed by atoms with Crippen molar-refractivity contribution in [1.29, 1.82) is 0 Å². The minimum absolute atomic E-state index is 0.0418. The van der Waals surface area contributed by atoms with E-state index in [1.165, 1.54) is 16.7 Å². The van der Waals surface area contributed by atoms with Crippen LogP contribution in [0.3, 0.4) is 0 Å². The highest BCUT2D eigenvalue weighted by Crippen LogP contribution is 2.44. The summed E-state index contributed by atoms with van der Waals surface area (Å²) in [6.45, 7) is 4.07. The Kier molecular flexibility index (Phi) is 7.16. The molecular formula is C26H30N2O5S. The number of alkyl carbamates (subject to hydrolysis) is 1. The van der Waals surface area contributed by atoms with Crippen molar-refractivity contribution in [2.24, 2.45) is 5.41 Å². The molecule has 1 fully saturated rings. The van der Waals surface area contributed by atoms with Gasteiger partial charge in [-0.2, -0.15) is 0 Å². The number of ether oxygens (including phenoxy) is 1. The second-order valence-corrected chi connectivity index (χ2v) is 9.80. The van der Waals surface area contributed by atoms with Gasteiger partial charge in [-0.15, -0.1) is 11.8 Å². The molecule has 2 aliphatic rings. The van der Waals surface area contributed by atoms with Crippen molar-refractivity contribution < 1.29 is 24.2 Å². The van der Waals surface area contributed by atoms with E-state index in [0.29, 0.717) is 24.5 Å². The Morgan fingerprint density at radius 2 is 1.65 bits per heavy atom. The second kappa shape index (κ2) is 10.1. The Morgan fingerprint density at radius 1 is 1.06 bits per heavy atom. The Bertz CT molecular complexity index is 1040. The molecule has 180 valence electrons. The van der Waals surface area contributed by atoms with Gasteiger partial charge in [0.1, 0.15) is 12.6 Å². The van der Waals surface area contributed by atoms with Crippen molar-refractivity contribution in [3.05, 3.63) is 59.7 Å². The molecule has 7 nitrogen and oxygen atoms in total. The first-order valence-corrected chi connectivity index (χ1v) is 12.8. The minimum atomic E-state index is -0.996. The molecule has 2 aromatic rings. The van der Waals surface area contributed by atoms with Crippen LogP contribution in [0, 0.1) is 5.41 Å². The number of carboxylic acids is 1. The molecule has 8 heteroatoms. The molecule has 1 saturated heterocycles. The first-order valence-electron chi connectivity index (χ1n) is 11.6. The third kappa shape index (κ3) is 4.39. The Balaban J connectivity index is 1.41. The summed E-state index contributed by atoms with van der Waals surface area (Å²) in [5, 5.41) is 12.3. The van der Waals surface area contributed by atoms with Crippen LogP contribution in [0.15, 0.2) is 48.5 Å². The number of nitrogens with one attached hydrogen (secondary N) is 1. The summed E-state index contributed by atoms with van der Waals surface area (Å²) in [5.41, 5.74) is 3.71. The van der Waals surface area contributed by atoms with Gasteiger partial charge in [0.25, 0.3) is 0 Å². The van der Waals surface area contributed by atoms with Gasteiger partial charge in [-0.05, 0) is 35.1 Å². The monoisotopic (exact) mass is 482 g/mol. The third-order valence-corrected chi connectivity index (χ3v) is 8.16. The van der Waals surface area contributed by atoms with E-state index in [4.69, 9.17) is 4.74 Å². The Hall–Kier alpha value is -3.00. The molecule has 34 heavy (non-hydrogen) atoms. The van der Waals surface area contributed by atoms with Crippen LogP contribution in [0.1, 0.15) is 43.7 Å². The van der Waals surface area contributed by atoms with Gasteiger partial charge < -0.3 is 20.1 Å². The van der Waals surface area contributed by atoms with Gasteiger partial charge >= 0.3 is 12.1 Å². The number of fused-ring (bicyclic) bond motifs is 3. The number of carbonyl (C=O) groups is 3. The number of rotatable bonds is 8. The summed E-state index contributed by atoms with van der Waals surface area (Å²) < 4.78 is 5.62. The number of hydrogen-bond donors (Lipinski definition) is 2. The van der Waals surface area contributed by atoms with Crippen molar-refractivity contribution in [3.8, 4) is 11.1 Å². The summed E-state index contributed by atoms with van der Waals surface area (Å²) in [7, 11) is 0. The van der Waals surface area contributed by atoms with Crippen LogP contribution in [-0.4, -0.2) is 58.8 Å². The largest absolute Gasteiger partial charge is 0.480 e. The van der Waals surface area contributed by atoms with E-state index in [1.807, 2.05) is 38.1 Å². The normalized spacial score (nSPS) is 17.2. The highest BCUT2D eigenvalue weighted by molar-refractivity contribution is 7.99. The maximum absolute atomic E-state index is 13.4. The highest BCUT2D eigenvalue weighted by Gasteiger charge is 2.44. The maximum atomic E-state index is 13.4.